The van der Waals surface area contributed by atoms with Crippen LogP contribution in [0.1, 0.15) is 32.1 Å². The van der Waals surface area contributed by atoms with Crippen molar-refractivity contribution in [3.05, 3.63) is 0 Å². The Kier molecular flexibility index (Phi) is 3.97. The van der Waals surface area contributed by atoms with E-state index < -0.39 is 0 Å². The lowest BCUT2D eigenvalue weighted by atomic mass is 9.83. The Morgan fingerprint density at radius 2 is 2.20 bits per heavy atom. The molecule has 0 amide bonds. The molecule has 2 nitrogen and oxygen atoms in total. The fourth-order valence-corrected chi connectivity index (χ4v) is 3.85. The molecule has 2 rings (SSSR count). The van der Waals surface area contributed by atoms with Crippen molar-refractivity contribution in [1.82, 2.24) is 10.2 Å². The van der Waals surface area contributed by atoms with Gasteiger partial charge < -0.3 is 10.2 Å². The summed E-state index contributed by atoms with van der Waals surface area (Å²) in [6.45, 7) is 3.91. The third kappa shape index (κ3) is 2.69. The number of piperidine rings is 1. The average molecular weight is 228 g/mol. The summed E-state index contributed by atoms with van der Waals surface area (Å²) in [6.07, 6.45) is 9.35. The molecule has 1 atom stereocenters. The monoisotopic (exact) mass is 228 g/mol. The Balaban J connectivity index is 1.82. The highest BCUT2D eigenvalue weighted by Gasteiger charge is 2.38. The highest BCUT2D eigenvalue weighted by Crippen LogP contribution is 2.43. The molecule has 88 valence electrons. The molecular weight excluding hydrogens is 204 g/mol. The summed E-state index contributed by atoms with van der Waals surface area (Å²) in [5, 5.41) is 3.43. The molecule has 15 heavy (non-hydrogen) atoms. The Morgan fingerprint density at radius 1 is 1.40 bits per heavy atom. The van der Waals surface area contributed by atoms with E-state index in [0.717, 1.165) is 6.04 Å². The van der Waals surface area contributed by atoms with Gasteiger partial charge in [0.05, 0.1) is 0 Å². The van der Waals surface area contributed by atoms with Crippen LogP contribution in [-0.2, 0) is 0 Å². The van der Waals surface area contributed by atoms with Gasteiger partial charge in [0, 0.05) is 23.9 Å². The first-order chi connectivity index (χ1) is 7.28. The van der Waals surface area contributed by atoms with Crippen molar-refractivity contribution in [1.29, 1.82) is 0 Å². The quantitative estimate of drug-likeness (QED) is 0.792. The molecule has 0 spiro atoms. The normalized spacial score (nSPS) is 31.2. The number of hydrogen-bond acceptors (Lipinski definition) is 3. The Labute approximate surface area is 98.2 Å². The lowest BCUT2D eigenvalue weighted by molar-refractivity contribution is 0.154. The van der Waals surface area contributed by atoms with Crippen LogP contribution in [0.2, 0.25) is 0 Å². The number of thioether (sulfide) groups is 1. The molecule has 2 fully saturated rings. The first kappa shape index (κ1) is 11.7. The van der Waals surface area contributed by atoms with Gasteiger partial charge in [0.1, 0.15) is 0 Å². The van der Waals surface area contributed by atoms with Gasteiger partial charge in [-0.3, -0.25) is 0 Å². The van der Waals surface area contributed by atoms with Gasteiger partial charge in [0.15, 0.2) is 0 Å². The zero-order valence-corrected chi connectivity index (χ0v) is 10.9. The van der Waals surface area contributed by atoms with Crippen LogP contribution >= 0.6 is 11.8 Å². The molecule has 1 unspecified atom stereocenters. The summed E-state index contributed by atoms with van der Waals surface area (Å²) in [4.78, 5) is 2.68. The van der Waals surface area contributed by atoms with Crippen LogP contribution in [0, 0.1) is 0 Å². The third-order valence-corrected chi connectivity index (χ3v) is 5.53. The lowest BCUT2D eigenvalue weighted by Crippen LogP contribution is -2.51. The molecule has 1 saturated carbocycles. The van der Waals surface area contributed by atoms with E-state index in [1.807, 2.05) is 0 Å². The van der Waals surface area contributed by atoms with Gasteiger partial charge in [-0.1, -0.05) is 6.42 Å². The molecule has 0 aromatic carbocycles. The van der Waals surface area contributed by atoms with Gasteiger partial charge >= 0.3 is 0 Å². The topological polar surface area (TPSA) is 15.3 Å². The van der Waals surface area contributed by atoms with E-state index in [2.05, 4.69) is 35.3 Å². The van der Waals surface area contributed by atoms with Crippen molar-refractivity contribution < 1.29 is 0 Å². The first-order valence-electron chi connectivity index (χ1n) is 6.23. The number of rotatable bonds is 4. The van der Waals surface area contributed by atoms with Crippen molar-refractivity contribution in [3.63, 3.8) is 0 Å². The SMILES string of the molecule is CNC1CCCN(CC2(SC)CCC2)C1. The second-order valence-electron chi connectivity index (χ2n) is 5.10. The maximum Gasteiger partial charge on any atom is 0.0284 e. The molecule has 3 heteroatoms. The van der Waals surface area contributed by atoms with E-state index in [9.17, 15) is 0 Å². The molecule has 0 radical (unpaired) electrons. The van der Waals surface area contributed by atoms with Crippen LogP contribution in [0.4, 0.5) is 0 Å². The Morgan fingerprint density at radius 3 is 2.73 bits per heavy atom. The fraction of sp³-hybridized carbons (Fsp3) is 1.00. The summed E-state index contributed by atoms with van der Waals surface area (Å²) in [5.74, 6) is 0. The molecule has 0 bridgehead atoms. The molecular formula is C12H24N2S. The van der Waals surface area contributed by atoms with E-state index in [-0.39, 0.29) is 0 Å². The van der Waals surface area contributed by atoms with Crippen LogP contribution in [0.3, 0.4) is 0 Å². The second-order valence-corrected chi connectivity index (χ2v) is 6.38. The second kappa shape index (κ2) is 5.07. The first-order valence-corrected chi connectivity index (χ1v) is 7.45. The molecule has 1 saturated heterocycles. The number of likely N-dealkylation sites (N-methyl/N-ethyl adjacent to an activating group) is 1. The summed E-state index contributed by atoms with van der Waals surface area (Å²) in [6, 6.07) is 0.734. The maximum atomic E-state index is 3.43. The van der Waals surface area contributed by atoms with Crippen molar-refractivity contribution >= 4 is 11.8 Å². The average Bonchev–Trinajstić information content (AvgIpc) is 2.24. The fourth-order valence-electron chi connectivity index (χ4n) is 2.84. The van der Waals surface area contributed by atoms with Gasteiger partial charge in [0.25, 0.3) is 0 Å². The van der Waals surface area contributed by atoms with Gasteiger partial charge in [-0.25, -0.2) is 0 Å². The maximum absolute atomic E-state index is 3.43. The van der Waals surface area contributed by atoms with E-state index in [4.69, 9.17) is 0 Å². The molecule has 2 aliphatic rings. The van der Waals surface area contributed by atoms with Crippen molar-refractivity contribution in [2.45, 2.75) is 42.9 Å². The Bertz CT molecular complexity index is 198. The van der Waals surface area contributed by atoms with Gasteiger partial charge in [-0.05, 0) is 45.5 Å². The van der Waals surface area contributed by atoms with Crippen LogP contribution in [0.5, 0.6) is 0 Å². The number of likely N-dealkylation sites (tertiary alicyclic amines) is 1. The van der Waals surface area contributed by atoms with Crippen LogP contribution in [0.25, 0.3) is 0 Å². The summed E-state index contributed by atoms with van der Waals surface area (Å²) < 4.78 is 0.621. The van der Waals surface area contributed by atoms with Crippen LogP contribution in [-0.4, -0.2) is 48.6 Å². The summed E-state index contributed by atoms with van der Waals surface area (Å²) in [5.41, 5.74) is 0. The van der Waals surface area contributed by atoms with Crippen LogP contribution in [0.15, 0.2) is 0 Å². The largest absolute Gasteiger partial charge is 0.316 e. The predicted octanol–water partition coefficient (Wildman–Crippen LogP) is 1.96. The van der Waals surface area contributed by atoms with Gasteiger partial charge in [-0.2, -0.15) is 11.8 Å². The molecule has 1 N–H and O–H groups in total. The van der Waals surface area contributed by atoms with E-state index in [1.54, 1.807) is 0 Å². The molecule has 1 aliphatic heterocycles. The summed E-state index contributed by atoms with van der Waals surface area (Å²) >= 11 is 2.10. The van der Waals surface area contributed by atoms with Gasteiger partial charge in [0.2, 0.25) is 0 Å². The van der Waals surface area contributed by atoms with E-state index >= 15 is 0 Å². The molecule has 0 aromatic rings. The zero-order valence-electron chi connectivity index (χ0n) is 10.1. The number of nitrogens with one attached hydrogen (secondary N) is 1. The molecule has 1 heterocycles. The van der Waals surface area contributed by atoms with Crippen LogP contribution < -0.4 is 5.32 Å². The number of nitrogens with zero attached hydrogens (tertiary/aromatic N) is 1. The van der Waals surface area contributed by atoms with Crippen molar-refractivity contribution in [2.24, 2.45) is 0 Å². The van der Waals surface area contributed by atoms with E-state index in [1.165, 1.54) is 51.7 Å². The van der Waals surface area contributed by atoms with Crippen molar-refractivity contribution in [3.8, 4) is 0 Å². The Hall–Kier alpha value is 0.270. The van der Waals surface area contributed by atoms with Gasteiger partial charge in [-0.15, -0.1) is 0 Å². The third-order valence-electron chi connectivity index (χ3n) is 4.12. The molecule has 0 aromatic heterocycles. The predicted molar refractivity (Wildman–Crippen MR) is 68.6 cm³/mol. The zero-order chi connectivity index (χ0) is 10.7. The highest BCUT2D eigenvalue weighted by molar-refractivity contribution is 8.00. The highest BCUT2D eigenvalue weighted by atomic mass is 32.2. The summed E-state index contributed by atoms with van der Waals surface area (Å²) in [7, 11) is 2.10. The van der Waals surface area contributed by atoms with E-state index in [0.29, 0.717) is 4.75 Å². The smallest absolute Gasteiger partial charge is 0.0284 e. The number of hydrogen-bond donors (Lipinski definition) is 1. The lowest BCUT2D eigenvalue weighted by Gasteiger charge is -2.45. The minimum atomic E-state index is 0.621. The minimum Gasteiger partial charge on any atom is -0.316 e. The minimum absolute atomic E-state index is 0.621. The van der Waals surface area contributed by atoms with Crippen molar-refractivity contribution in [2.75, 3.05) is 32.9 Å². The standard InChI is InChI=1S/C12H24N2S/c1-13-11-5-3-8-14(9-11)10-12(15-2)6-4-7-12/h11,13H,3-10H2,1-2H3. The molecule has 1 aliphatic carbocycles.